The summed E-state index contributed by atoms with van der Waals surface area (Å²) < 4.78 is 28.3. The van der Waals surface area contributed by atoms with E-state index in [9.17, 15) is 13.2 Å². The van der Waals surface area contributed by atoms with Gasteiger partial charge in [-0.2, -0.15) is 4.31 Å². The molecule has 1 saturated heterocycles. The Bertz CT molecular complexity index is 1100. The number of hydrogen-bond acceptors (Lipinski definition) is 3. The van der Waals surface area contributed by atoms with Gasteiger partial charge >= 0.3 is 0 Å². The lowest BCUT2D eigenvalue weighted by atomic mass is 9.88. The molecule has 1 amide bonds. The summed E-state index contributed by atoms with van der Waals surface area (Å²) in [6.07, 6.45) is 9.38. The molecule has 2 aromatic rings. The summed E-state index contributed by atoms with van der Waals surface area (Å²) in [7, 11) is -3.62. The van der Waals surface area contributed by atoms with Gasteiger partial charge < -0.3 is 5.32 Å². The van der Waals surface area contributed by atoms with E-state index in [1.54, 1.807) is 29.4 Å². The van der Waals surface area contributed by atoms with Crippen LogP contribution in [0.15, 0.2) is 41.3 Å². The van der Waals surface area contributed by atoms with Gasteiger partial charge in [0.1, 0.15) is 0 Å². The first-order valence-electron chi connectivity index (χ1n) is 12.4. The van der Waals surface area contributed by atoms with Crippen LogP contribution < -0.4 is 5.32 Å². The fraction of sp³-hybridized carbons (Fsp3) is 0.519. The normalized spacial score (nSPS) is 18.2. The van der Waals surface area contributed by atoms with E-state index in [-0.39, 0.29) is 16.8 Å². The molecule has 0 bridgehead atoms. The van der Waals surface area contributed by atoms with Gasteiger partial charge in [-0.25, -0.2) is 8.42 Å². The molecular formula is C27H36N2O3S. The van der Waals surface area contributed by atoms with Crippen molar-refractivity contribution in [1.29, 1.82) is 0 Å². The van der Waals surface area contributed by atoms with Gasteiger partial charge in [0.2, 0.25) is 10.0 Å². The monoisotopic (exact) mass is 468 g/mol. The SMILES string of the molecule is CC[C@@H](NC(=O)c1ccc(C)c(S(=O)(=O)N2CCCCCC2)c1)c1ccc2c(c1)CCCC2. The van der Waals surface area contributed by atoms with Crippen LogP contribution in [-0.2, 0) is 22.9 Å². The minimum absolute atomic E-state index is 0.100. The average molecular weight is 469 g/mol. The number of amides is 1. The van der Waals surface area contributed by atoms with Crippen molar-refractivity contribution >= 4 is 15.9 Å². The van der Waals surface area contributed by atoms with Crippen molar-refractivity contribution in [3.63, 3.8) is 0 Å². The molecule has 0 unspecified atom stereocenters. The Balaban J connectivity index is 1.55. The second-order valence-electron chi connectivity index (χ2n) is 9.47. The number of rotatable bonds is 6. The van der Waals surface area contributed by atoms with Gasteiger partial charge in [-0.3, -0.25) is 4.79 Å². The van der Waals surface area contributed by atoms with Crippen molar-refractivity contribution in [2.75, 3.05) is 13.1 Å². The van der Waals surface area contributed by atoms with Crippen LogP contribution in [0.1, 0.15) is 90.5 Å². The summed E-state index contributed by atoms with van der Waals surface area (Å²) in [4.78, 5) is 13.4. The molecule has 6 heteroatoms. The molecule has 33 heavy (non-hydrogen) atoms. The molecule has 5 nitrogen and oxygen atoms in total. The summed E-state index contributed by atoms with van der Waals surface area (Å²) in [6, 6.07) is 11.5. The van der Waals surface area contributed by atoms with Crippen LogP contribution in [0.3, 0.4) is 0 Å². The Morgan fingerprint density at radius 1 is 0.939 bits per heavy atom. The van der Waals surface area contributed by atoms with Crippen molar-refractivity contribution in [3.8, 4) is 0 Å². The number of aryl methyl sites for hydroxylation is 3. The van der Waals surface area contributed by atoms with Crippen molar-refractivity contribution in [2.45, 2.75) is 82.6 Å². The largest absolute Gasteiger partial charge is 0.345 e. The predicted molar refractivity (Wildman–Crippen MR) is 132 cm³/mol. The van der Waals surface area contributed by atoms with Crippen molar-refractivity contribution < 1.29 is 13.2 Å². The molecule has 0 radical (unpaired) electrons. The highest BCUT2D eigenvalue weighted by Gasteiger charge is 2.28. The summed E-state index contributed by atoms with van der Waals surface area (Å²) in [5.41, 5.74) is 5.01. The van der Waals surface area contributed by atoms with Gasteiger partial charge in [-0.1, -0.05) is 44.0 Å². The van der Waals surface area contributed by atoms with E-state index >= 15 is 0 Å². The van der Waals surface area contributed by atoms with E-state index in [1.807, 2.05) is 0 Å². The quantitative estimate of drug-likeness (QED) is 0.624. The maximum atomic E-state index is 13.4. The van der Waals surface area contributed by atoms with Gasteiger partial charge in [0, 0.05) is 18.7 Å². The lowest BCUT2D eigenvalue weighted by molar-refractivity contribution is 0.0935. The van der Waals surface area contributed by atoms with E-state index in [1.165, 1.54) is 24.0 Å². The van der Waals surface area contributed by atoms with Crippen LogP contribution in [0.4, 0.5) is 0 Å². The molecule has 4 rings (SSSR count). The second kappa shape index (κ2) is 10.4. The van der Waals surface area contributed by atoms with Gasteiger partial charge in [0.15, 0.2) is 0 Å². The fourth-order valence-corrected chi connectivity index (χ4v) is 6.84. The average Bonchev–Trinajstić information content (AvgIpc) is 3.12. The zero-order chi connectivity index (χ0) is 23.4. The summed E-state index contributed by atoms with van der Waals surface area (Å²) >= 11 is 0. The molecule has 0 spiro atoms. The number of carbonyl (C=O) groups excluding carboxylic acids is 1. The second-order valence-corrected chi connectivity index (χ2v) is 11.4. The number of fused-ring (bicyclic) bond motifs is 1. The molecule has 1 atom stereocenters. The number of nitrogens with one attached hydrogen (secondary N) is 1. The highest BCUT2D eigenvalue weighted by molar-refractivity contribution is 7.89. The van der Waals surface area contributed by atoms with E-state index in [4.69, 9.17) is 0 Å². The zero-order valence-corrected chi connectivity index (χ0v) is 20.7. The Labute approximate surface area is 198 Å². The fourth-order valence-electron chi connectivity index (χ4n) is 5.07. The van der Waals surface area contributed by atoms with Crippen molar-refractivity contribution in [2.24, 2.45) is 0 Å². The molecular weight excluding hydrogens is 432 g/mol. The zero-order valence-electron chi connectivity index (χ0n) is 19.9. The molecule has 0 saturated carbocycles. The third-order valence-corrected chi connectivity index (χ3v) is 9.16. The predicted octanol–water partition coefficient (Wildman–Crippen LogP) is 5.32. The summed E-state index contributed by atoms with van der Waals surface area (Å²) in [5, 5.41) is 3.15. The van der Waals surface area contributed by atoms with Crippen LogP contribution in [-0.4, -0.2) is 31.7 Å². The standard InChI is InChI=1S/C27H36N2O3S/c1-3-25(23-15-14-21-10-6-7-11-22(21)18-23)28-27(30)24-13-12-20(2)26(19-24)33(31,32)29-16-8-4-5-9-17-29/h12-15,18-19,25H,3-11,16-17H2,1-2H3,(H,28,30)/t25-/m1/s1. The highest BCUT2D eigenvalue weighted by atomic mass is 32.2. The maximum absolute atomic E-state index is 13.4. The number of carbonyl (C=O) groups is 1. The molecule has 2 aliphatic rings. The lowest BCUT2D eigenvalue weighted by Crippen LogP contribution is -2.33. The van der Waals surface area contributed by atoms with Crippen LogP contribution in [0, 0.1) is 6.92 Å². The molecule has 0 aromatic heterocycles. The number of sulfonamides is 1. The van der Waals surface area contributed by atoms with Gasteiger partial charge in [-0.05, 0) is 86.3 Å². The Kier molecular flexibility index (Phi) is 7.55. The first-order valence-corrected chi connectivity index (χ1v) is 13.9. The smallest absolute Gasteiger partial charge is 0.251 e. The minimum Gasteiger partial charge on any atom is -0.345 e. The minimum atomic E-state index is -3.62. The van der Waals surface area contributed by atoms with Crippen LogP contribution in [0.25, 0.3) is 0 Å². The first kappa shape index (κ1) is 24.0. The molecule has 1 aliphatic heterocycles. The van der Waals surface area contributed by atoms with E-state index in [0.29, 0.717) is 24.2 Å². The highest BCUT2D eigenvalue weighted by Crippen LogP contribution is 2.27. The Morgan fingerprint density at radius 3 is 2.33 bits per heavy atom. The third kappa shape index (κ3) is 5.33. The third-order valence-electron chi connectivity index (χ3n) is 7.12. The summed E-state index contributed by atoms with van der Waals surface area (Å²) in [6.45, 7) is 4.96. The van der Waals surface area contributed by atoms with E-state index in [2.05, 4.69) is 30.4 Å². The van der Waals surface area contributed by atoms with E-state index < -0.39 is 10.0 Å². The first-order chi connectivity index (χ1) is 15.9. The molecule has 1 heterocycles. The Hall–Kier alpha value is -2.18. The topological polar surface area (TPSA) is 66.5 Å². The van der Waals surface area contributed by atoms with Gasteiger partial charge in [-0.15, -0.1) is 0 Å². The molecule has 2 aromatic carbocycles. The number of nitrogens with zero attached hydrogens (tertiary/aromatic N) is 1. The van der Waals surface area contributed by atoms with E-state index in [0.717, 1.165) is 50.5 Å². The lowest BCUT2D eigenvalue weighted by Gasteiger charge is -2.23. The molecule has 178 valence electrons. The number of benzene rings is 2. The Morgan fingerprint density at radius 2 is 1.64 bits per heavy atom. The molecule has 1 N–H and O–H groups in total. The maximum Gasteiger partial charge on any atom is 0.251 e. The van der Waals surface area contributed by atoms with Crippen molar-refractivity contribution in [3.05, 3.63) is 64.2 Å². The molecule has 1 aliphatic carbocycles. The van der Waals surface area contributed by atoms with Crippen molar-refractivity contribution in [1.82, 2.24) is 9.62 Å². The van der Waals surface area contributed by atoms with Crippen LogP contribution in [0.2, 0.25) is 0 Å². The van der Waals surface area contributed by atoms with Gasteiger partial charge in [0.25, 0.3) is 5.91 Å². The molecule has 1 fully saturated rings. The van der Waals surface area contributed by atoms with Crippen LogP contribution >= 0.6 is 0 Å². The van der Waals surface area contributed by atoms with Crippen LogP contribution in [0.5, 0.6) is 0 Å². The number of hydrogen-bond donors (Lipinski definition) is 1. The summed E-state index contributed by atoms with van der Waals surface area (Å²) in [5.74, 6) is -0.230. The van der Waals surface area contributed by atoms with Gasteiger partial charge in [0.05, 0.1) is 10.9 Å².